The third kappa shape index (κ3) is 4.39. The zero-order chi connectivity index (χ0) is 15.4. The average molecular weight is 355 g/mol. The van der Waals surface area contributed by atoms with E-state index in [4.69, 9.17) is 9.84 Å². The Bertz CT molecular complexity index is 714. The van der Waals surface area contributed by atoms with E-state index in [-0.39, 0.29) is 11.5 Å². The molecule has 2 aromatic rings. The van der Waals surface area contributed by atoms with Gasteiger partial charge in [-0.25, -0.2) is 13.6 Å². The Morgan fingerprint density at radius 3 is 2.57 bits per heavy atom. The van der Waals surface area contributed by atoms with E-state index in [0.717, 1.165) is 24.3 Å². The number of ether oxygens (including phenoxy) is 1. The molecule has 0 aromatic heterocycles. The summed E-state index contributed by atoms with van der Waals surface area (Å²) in [6, 6.07) is 7.87. The summed E-state index contributed by atoms with van der Waals surface area (Å²) in [7, 11) is 0. The Kier molecular flexibility index (Phi) is 4.70. The van der Waals surface area contributed by atoms with Crippen LogP contribution in [0.25, 0.3) is 6.08 Å². The molecule has 1 N–H and O–H groups in total. The molecule has 0 aliphatic rings. The smallest absolute Gasteiger partial charge is 0.328 e. The molecule has 0 unspecified atom stereocenters. The van der Waals surface area contributed by atoms with Crippen LogP contribution in [0, 0.1) is 11.6 Å². The second kappa shape index (κ2) is 6.49. The molecule has 0 aliphatic heterocycles. The summed E-state index contributed by atoms with van der Waals surface area (Å²) in [6.45, 7) is 0. The molecule has 0 saturated heterocycles. The van der Waals surface area contributed by atoms with Crippen molar-refractivity contribution in [3.8, 4) is 11.5 Å². The van der Waals surface area contributed by atoms with Crippen LogP contribution in [-0.2, 0) is 4.79 Å². The Morgan fingerprint density at radius 1 is 1.14 bits per heavy atom. The Labute approximate surface area is 127 Å². The van der Waals surface area contributed by atoms with Crippen LogP contribution in [0.1, 0.15) is 5.56 Å². The van der Waals surface area contributed by atoms with Gasteiger partial charge in [-0.05, 0) is 51.8 Å². The highest BCUT2D eigenvalue weighted by Gasteiger charge is 2.05. The summed E-state index contributed by atoms with van der Waals surface area (Å²) >= 11 is 3.02. The molecule has 6 heteroatoms. The lowest BCUT2D eigenvalue weighted by Gasteiger charge is -2.07. The van der Waals surface area contributed by atoms with Crippen LogP contribution in [0.15, 0.2) is 46.9 Å². The molecule has 0 amide bonds. The Hall–Kier alpha value is -2.21. The van der Waals surface area contributed by atoms with Gasteiger partial charge in [0, 0.05) is 18.2 Å². The van der Waals surface area contributed by atoms with Gasteiger partial charge in [0.05, 0.1) is 4.47 Å². The van der Waals surface area contributed by atoms with Crippen molar-refractivity contribution in [2.45, 2.75) is 0 Å². The highest BCUT2D eigenvalue weighted by Crippen LogP contribution is 2.27. The maximum Gasteiger partial charge on any atom is 0.328 e. The van der Waals surface area contributed by atoms with E-state index in [1.807, 2.05) is 0 Å². The van der Waals surface area contributed by atoms with Crippen LogP contribution < -0.4 is 4.74 Å². The summed E-state index contributed by atoms with van der Waals surface area (Å²) in [5.41, 5.74) is 0.324. The van der Waals surface area contributed by atoms with E-state index in [1.54, 1.807) is 0 Å². The molecule has 0 atom stereocenters. The number of rotatable bonds is 4. The van der Waals surface area contributed by atoms with Gasteiger partial charge >= 0.3 is 5.97 Å². The SMILES string of the molecule is O=C(O)/C=C/c1cc(F)cc(Oc2ccc(Br)c(F)c2)c1. The lowest BCUT2D eigenvalue weighted by molar-refractivity contribution is -0.131. The highest BCUT2D eigenvalue weighted by molar-refractivity contribution is 9.10. The fraction of sp³-hybridized carbons (Fsp3) is 0. The van der Waals surface area contributed by atoms with E-state index >= 15 is 0 Å². The van der Waals surface area contributed by atoms with Gasteiger partial charge in [0.2, 0.25) is 0 Å². The molecule has 0 saturated carbocycles. The molecule has 0 radical (unpaired) electrons. The first-order chi connectivity index (χ1) is 9.94. The third-order valence-corrected chi connectivity index (χ3v) is 3.08. The topological polar surface area (TPSA) is 46.5 Å². The highest BCUT2D eigenvalue weighted by atomic mass is 79.9. The number of carbonyl (C=O) groups is 1. The van der Waals surface area contributed by atoms with Crippen molar-refractivity contribution in [1.29, 1.82) is 0 Å². The molecule has 3 nitrogen and oxygen atoms in total. The quantitative estimate of drug-likeness (QED) is 0.815. The number of carboxylic acids is 1. The number of aliphatic carboxylic acids is 1. The van der Waals surface area contributed by atoms with Gasteiger partial charge in [0.1, 0.15) is 23.1 Å². The molecule has 0 fully saturated rings. The summed E-state index contributed by atoms with van der Waals surface area (Å²) < 4.78 is 32.5. The molecule has 2 rings (SSSR count). The Morgan fingerprint density at radius 2 is 1.90 bits per heavy atom. The van der Waals surface area contributed by atoms with Gasteiger partial charge in [0.25, 0.3) is 0 Å². The first-order valence-electron chi connectivity index (χ1n) is 5.78. The zero-order valence-corrected chi connectivity index (χ0v) is 12.1. The van der Waals surface area contributed by atoms with Crippen LogP contribution in [0.5, 0.6) is 11.5 Å². The standard InChI is InChI=1S/C15H9BrF2O3/c16-13-3-2-11(8-14(13)18)21-12-6-9(1-4-15(19)20)5-10(17)7-12/h1-8H,(H,19,20)/b4-1+. The molecule has 0 spiro atoms. The molecular weight excluding hydrogens is 346 g/mol. The van der Waals surface area contributed by atoms with Crippen molar-refractivity contribution in [1.82, 2.24) is 0 Å². The van der Waals surface area contributed by atoms with Crippen molar-refractivity contribution >= 4 is 28.0 Å². The second-order valence-corrected chi connectivity index (χ2v) is 4.92. The first kappa shape index (κ1) is 15.2. The monoisotopic (exact) mass is 354 g/mol. The fourth-order valence-electron chi connectivity index (χ4n) is 1.58. The lowest BCUT2D eigenvalue weighted by Crippen LogP contribution is -1.90. The van der Waals surface area contributed by atoms with Crippen molar-refractivity contribution in [2.24, 2.45) is 0 Å². The third-order valence-electron chi connectivity index (χ3n) is 2.44. The molecule has 0 heterocycles. The average Bonchev–Trinajstić information content (AvgIpc) is 2.40. The molecule has 0 bridgehead atoms. The summed E-state index contributed by atoms with van der Waals surface area (Å²) in [6.07, 6.45) is 2.12. The number of carboxylic acid groups (broad SMARTS) is 1. The zero-order valence-electron chi connectivity index (χ0n) is 10.5. The molecule has 108 valence electrons. The van der Waals surface area contributed by atoms with Gasteiger partial charge < -0.3 is 9.84 Å². The van der Waals surface area contributed by atoms with Gasteiger partial charge in [-0.3, -0.25) is 0 Å². The number of hydrogen-bond acceptors (Lipinski definition) is 2. The van der Waals surface area contributed by atoms with Crippen molar-refractivity contribution < 1.29 is 23.4 Å². The predicted octanol–water partition coefficient (Wildman–Crippen LogP) is 4.62. The summed E-state index contributed by atoms with van der Waals surface area (Å²) in [5, 5.41) is 8.55. The summed E-state index contributed by atoms with van der Waals surface area (Å²) in [4.78, 5) is 10.4. The van der Waals surface area contributed by atoms with Crippen molar-refractivity contribution in [3.63, 3.8) is 0 Å². The minimum Gasteiger partial charge on any atom is -0.478 e. The molecule has 21 heavy (non-hydrogen) atoms. The predicted molar refractivity (Wildman–Crippen MR) is 77.2 cm³/mol. The van der Waals surface area contributed by atoms with Gasteiger partial charge in [-0.1, -0.05) is 0 Å². The summed E-state index contributed by atoms with van der Waals surface area (Å²) in [5.74, 6) is -1.89. The fourth-order valence-corrected chi connectivity index (χ4v) is 1.83. The Balaban J connectivity index is 2.27. The minimum absolute atomic E-state index is 0.141. The van der Waals surface area contributed by atoms with E-state index in [1.165, 1.54) is 24.3 Å². The number of halogens is 3. The van der Waals surface area contributed by atoms with Crippen LogP contribution in [0.4, 0.5) is 8.78 Å². The van der Waals surface area contributed by atoms with Crippen LogP contribution in [-0.4, -0.2) is 11.1 Å². The van der Waals surface area contributed by atoms with Crippen molar-refractivity contribution in [2.75, 3.05) is 0 Å². The maximum atomic E-state index is 13.5. The van der Waals surface area contributed by atoms with E-state index < -0.39 is 17.6 Å². The second-order valence-electron chi connectivity index (χ2n) is 4.07. The van der Waals surface area contributed by atoms with Crippen molar-refractivity contribution in [3.05, 3.63) is 64.1 Å². The normalized spacial score (nSPS) is 10.8. The van der Waals surface area contributed by atoms with Crippen LogP contribution in [0.3, 0.4) is 0 Å². The van der Waals surface area contributed by atoms with E-state index in [2.05, 4.69) is 15.9 Å². The van der Waals surface area contributed by atoms with Gasteiger partial charge in [0.15, 0.2) is 0 Å². The van der Waals surface area contributed by atoms with Crippen LogP contribution >= 0.6 is 15.9 Å². The first-order valence-corrected chi connectivity index (χ1v) is 6.58. The number of hydrogen-bond donors (Lipinski definition) is 1. The molecular formula is C15H9BrF2O3. The van der Waals surface area contributed by atoms with Gasteiger partial charge in [-0.2, -0.15) is 0 Å². The van der Waals surface area contributed by atoms with Gasteiger partial charge in [-0.15, -0.1) is 0 Å². The maximum absolute atomic E-state index is 13.5. The largest absolute Gasteiger partial charge is 0.478 e. The minimum atomic E-state index is -1.14. The lowest BCUT2D eigenvalue weighted by atomic mass is 10.2. The number of benzene rings is 2. The van der Waals surface area contributed by atoms with E-state index in [0.29, 0.717) is 10.0 Å². The molecule has 0 aliphatic carbocycles. The molecule has 2 aromatic carbocycles. The van der Waals surface area contributed by atoms with Crippen LogP contribution in [0.2, 0.25) is 0 Å². The van der Waals surface area contributed by atoms with E-state index in [9.17, 15) is 13.6 Å².